The zero-order chi connectivity index (χ0) is 11.2. The normalized spacial score (nSPS) is 10.8. The van der Waals surface area contributed by atoms with Crippen LogP contribution in [-0.4, -0.2) is 51.4 Å². The second-order valence-electron chi connectivity index (χ2n) is 3.21. The van der Waals surface area contributed by atoms with Gasteiger partial charge in [0.2, 0.25) is 0 Å². The van der Waals surface area contributed by atoms with Gasteiger partial charge in [0, 0.05) is 46.2 Å². The van der Waals surface area contributed by atoms with Crippen molar-refractivity contribution in [3.05, 3.63) is 0 Å². The van der Waals surface area contributed by atoms with E-state index >= 15 is 0 Å². The third-order valence-electron chi connectivity index (χ3n) is 1.81. The van der Waals surface area contributed by atoms with Crippen molar-refractivity contribution in [2.75, 3.05) is 46.2 Å². The quantitative estimate of drug-likeness (QED) is 0.502. The van der Waals surface area contributed by atoms with Gasteiger partial charge in [-0.2, -0.15) is 0 Å². The summed E-state index contributed by atoms with van der Waals surface area (Å²) in [6, 6.07) is 0. The highest BCUT2D eigenvalue weighted by Gasteiger charge is 1.91. The van der Waals surface area contributed by atoms with E-state index in [-0.39, 0.29) is 6.61 Å². The van der Waals surface area contributed by atoms with Gasteiger partial charge in [0.15, 0.2) is 0 Å². The van der Waals surface area contributed by atoms with E-state index in [4.69, 9.17) is 19.3 Å². The van der Waals surface area contributed by atoms with Crippen molar-refractivity contribution in [3.8, 4) is 0 Å². The fourth-order valence-electron chi connectivity index (χ4n) is 1.04. The smallest absolute Gasteiger partial charge is 0.0488 e. The van der Waals surface area contributed by atoms with Crippen molar-refractivity contribution in [3.63, 3.8) is 0 Å². The molecule has 0 aliphatic heterocycles. The van der Waals surface area contributed by atoms with Crippen molar-refractivity contribution in [2.24, 2.45) is 0 Å². The van der Waals surface area contributed by atoms with Gasteiger partial charge in [-0.15, -0.1) is 0 Å². The number of hydrogen-bond acceptors (Lipinski definition) is 4. The van der Waals surface area contributed by atoms with Crippen LogP contribution >= 0.6 is 0 Å². The van der Waals surface area contributed by atoms with Crippen LogP contribution in [0.15, 0.2) is 0 Å². The number of hydrogen-bond donors (Lipinski definition) is 1. The molecule has 0 heterocycles. The molecule has 0 aromatic carbocycles. The maximum Gasteiger partial charge on any atom is 0.0488 e. The van der Waals surface area contributed by atoms with E-state index in [0.29, 0.717) is 13.2 Å². The lowest BCUT2D eigenvalue weighted by Gasteiger charge is -2.05. The Morgan fingerprint density at radius 1 is 0.733 bits per heavy atom. The number of ether oxygens (including phenoxy) is 3. The first-order chi connectivity index (χ1) is 7.41. The number of rotatable bonds is 12. The van der Waals surface area contributed by atoms with E-state index in [1.54, 1.807) is 0 Å². The first-order valence-electron chi connectivity index (χ1n) is 5.76. The molecule has 0 aliphatic rings. The molecular weight excluding hydrogens is 196 g/mol. The lowest BCUT2D eigenvalue weighted by molar-refractivity contribution is 0.0624. The van der Waals surface area contributed by atoms with Gasteiger partial charge < -0.3 is 19.3 Å². The molecule has 0 rings (SSSR count). The van der Waals surface area contributed by atoms with E-state index < -0.39 is 0 Å². The lowest BCUT2D eigenvalue weighted by atomic mass is 10.4. The predicted octanol–water partition coefficient (Wildman–Crippen LogP) is 1.22. The van der Waals surface area contributed by atoms with Crippen molar-refractivity contribution in [1.29, 1.82) is 0 Å². The van der Waals surface area contributed by atoms with E-state index in [2.05, 4.69) is 0 Å². The Hall–Kier alpha value is -0.160. The molecule has 0 atom stereocenters. The highest BCUT2D eigenvalue weighted by Crippen LogP contribution is 1.89. The van der Waals surface area contributed by atoms with Crippen molar-refractivity contribution < 1.29 is 19.3 Å². The van der Waals surface area contributed by atoms with E-state index in [1.165, 1.54) is 0 Å². The molecule has 92 valence electrons. The molecule has 0 fully saturated rings. The van der Waals surface area contributed by atoms with Gasteiger partial charge in [0.25, 0.3) is 0 Å². The monoisotopic (exact) mass is 220 g/mol. The molecule has 0 saturated heterocycles. The van der Waals surface area contributed by atoms with Crippen molar-refractivity contribution in [1.82, 2.24) is 0 Å². The van der Waals surface area contributed by atoms with Crippen LogP contribution in [0.1, 0.15) is 26.2 Å². The van der Waals surface area contributed by atoms with Gasteiger partial charge in [0.05, 0.1) is 0 Å². The summed E-state index contributed by atoms with van der Waals surface area (Å²) in [7, 11) is 0. The minimum absolute atomic E-state index is 0.202. The molecule has 0 amide bonds. The van der Waals surface area contributed by atoms with Gasteiger partial charge >= 0.3 is 0 Å². The molecule has 0 spiro atoms. The third-order valence-corrected chi connectivity index (χ3v) is 1.81. The van der Waals surface area contributed by atoms with Crippen LogP contribution in [0.3, 0.4) is 0 Å². The zero-order valence-corrected chi connectivity index (χ0v) is 9.74. The van der Waals surface area contributed by atoms with E-state index in [9.17, 15) is 0 Å². The van der Waals surface area contributed by atoms with Crippen LogP contribution < -0.4 is 0 Å². The second-order valence-corrected chi connectivity index (χ2v) is 3.21. The number of aliphatic hydroxyl groups is 1. The summed E-state index contributed by atoms with van der Waals surface area (Å²) >= 11 is 0. The molecule has 0 saturated carbocycles. The molecular formula is C11H24O4. The summed E-state index contributed by atoms with van der Waals surface area (Å²) in [5.74, 6) is 0. The number of aliphatic hydroxyl groups excluding tert-OH is 1. The van der Waals surface area contributed by atoms with Gasteiger partial charge in [0.1, 0.15) is 0 Å². The highest BCUT2D eigenvalue weighted by molar-refractivity contribution is 4.38. The molecule has 0 aromatic rings. The molecule has 0 bridgehead atoms. The van der Waals surface area contributed by atoms with Gasteiger partial charge in [-0.25, -0.2) is 0 Å². The minimum atomic E-state index is 0.202. The molecule has 15 heavy (non-hydrogen) atoms. The summed E-state index contributed by atoms with van der Waals surface area (Å²) in [6.45, 7) is 6.61. The van der Waals surface area contributed by atoms with Gasteiger partial charge in [-0.3, -0.25) is 0 Å². The first-order valence-corrected chi connectivity index (χ1v) is 5.76. The molecule has 0 unspecified atom stereocenters. The van der Waals surface area contributed by atoms with Crippen LogP contribution in [0.25, 0.3) is 0 Å². The standard InChI is InChI=1S/C11H24O4/c1-2-13-8-4-9-15-11-5-10-14-7-3-6-12/h12H,2-11H2,1H3. The lowest BCUT2D eigenvalue weighted by Crippen LogP contribution is -2.05. The Balaban J connectivity index is 2.81. The average Bonchev–Trinajstić information content (AvgIpc) is 2.26. The summed E-state index contributed by atoms with van der Waals surface area (Å²) in [5.41, 5.74) is 0. The van der Waals surface area contributed by atoms with Gasteiger partial charge in [-0.1, -0.05) is 0 Å². The maximum atomic E-state index is 8.49. The Morgan fingerprint density at radius 3 is 1.67 bits per heavy atom. The Labute approximate surface area is 92.5 Å². The van der Waals surface area contributed by atoms with Crippen LogP contribution in [0, 0.1) is 0 Å². The fourth-order valence-corrected chi connectivity index (χ4v) is 1.04. The maximum absolute atomic E-state index is 8.49. The van der Waals surface area contributed by atoms with Crippen molar-refractivity contribution >= 4 is 0 Å². The third kappa shape index (κ3) is 13.8. The summed E-state index contributed by atoms with van der Waals surface area (Å²) in [4.78, 5) is 0. The topological polar surface area (TPSA) is 47.9 Å². The molecule has 1 N–H and O–H groups in total. The summed E-state index contributed by atoms with van der Waals surface area (Å²) < 4.78 is 15.8. The fraction of sp³-hybridized carbons (Fsp3) is 1.00. The van der Waals surface area contributed by atoms with Crippen molar-refractivity contribution in [2.45, 2.75) is 26.2 Å². The van der Waals surface area contributed by atoms with E-state index in [0.717, 1.165) is 45.7 Å². The van der Waals surface area contributed by atoms with E-state index in [1.807, 2.05) is 6.92 Å². The Morgan fingerprint density at radius 2 is 1.20 bits per heavy atom. The largest absolute Gasteiger partial charge is 0.396 e. The highest BCUT2D eigenvalue weighted by atomic mass is 16.5. The second kappa shape index (κ2) is 13.8. The van der Waals surface area contributed by atoms with Crippen LogP contribution in [-0.2, 0) is 14.2 Å². The zero-order valence-electron chi connectivity index (χ0n) is 9.74. The average molecular weight is 220 g/mol. The van der Waals surface area contributed by atoms with Crippen LogP contribution in [0.5, 0.6) is 0 Å². The first kappa shape index (κ1) is 14.8. The SMILES string of the molecule is CCOCCCOCCCOCCCO. The minimum Gasteiger partial charge on any atom is -0.396 e. The summed E-state index contributed by atoms with van der Waals surface area (Å²) in [5, 5.41) is 8.49. The Kier molecular flexibility index (Phi) is 13.7. The predicted molar refractivity (Wildman–Crippen MR) is 59.1 cm³/mol. The summed E-state index contributed by atoms with van der Waals surface area (Å²) in [6.07, 6.45) is 2.59. The van der Waals surface area contributed by atoms with Crippen LogP contribution in [0.4, 0.5) is 0 Å². The Bertz CT molecular complexity index is 96.8. The van der Waals surface area contributed by atoms with Crippen LogP contribution in [0.2, 0.25) is 0 Å². The molecule has 4 heteroatoms. The molecule has 0 aliphatic carbocycles. The molecule has 0 radical (unpaired) electrons. The molecule has 0 aromatic heterocycles. The van der Waals surface area contributed by atoms with Gasteiger partial charge in [-0.05, 0) is 26.2 Å². The molecule has 4 nitrogen and oxygen atoms in total.